The first-order chi connectivity index (χ1) is 8.33. The molecule has 0 saturated carbocycles. The largest absolute Gasteiger partial charge is 0.377 e. The molecule has 1 heteroatoms. The van der Waals surface area contributed by atoms with Crippen LogP contribution in [0.3, 0.4) is 0 Å². The van der Waals surface area contributed by atoms with Crippen molar-refractivity contribution in [3.63, 3.8) is 0 Å². The maximum Gasteiger partial charge on any atom is 0.0716 e. The summed E-state index contributed by atoms with van der Waals surface area (Å²) in [5.74, 6) is 0. The molecule has 0 aliphatic rings. The molecule has 0 N–H and O–H groups in total. The molecule has 17 heavy (non-hydrogen) atoms. The molecule has 0 aliphatic carbocycles. The van der Waals surface area contributed by atoms with E-state index < -0.39 is 0 Å². The zero-order chi connectivity index (χ0) is 12.3. The molecule has 1 radical (unpaired) electrons. The van der Waals surface area contributed by atoms with Crippen molar-refractivity contribution in [2.45, 2.75) is 52.1 Å². The highest BCUT2D eigenvalue weighted by Crippen LogP contribution is 2.07. The fourth-order valence-electron chi connectivity index (χ4n) is 1.89. The summed E-state index contributed by atoms with van der Waals surface area (Å²) in [6, 6.07) is 8.22. The molecule has 0 bridgehead atoms. The molecule has 95 valence electrons. The van der Waals surface area contributed by atoms with E-state index in [-0.39, 0.29) is 0 Å². The summed E-state index contributed by atoms with van der Waals surface area (Å²) in [4.78, 5) is 0. The molecule has 1 aromatic rings. The minimum atomic E-state index is 0.721. The number of rotatable bonds is 9. The van der Waals surface area contributed by atoms with Gasteiger partial charge in [-0.25, -0.2) is 0 Å². The summed E-state index contributed by atoms with van der Waals surface area (Å²) in [5, 5.41) is 0. The Kier molecular flexibility index (Phi) is 7.74. The van der Waals surface area contributed by atoms with Crippen LogP contribution in [0.25, 0.3) is 0 Å². The van der Waals surface area contributed by atoms with E-state index in [2.05, 4.69) is 26.0 Å². The zero-order valence-electron chi connectivity index (χ0n) is 11.1. The quantitative estimate of drug-likeness (QED) is 0.559. The van der Waals surface area contributed by atoms with Crippen LogP contribution < -0.4 is 0 Å². The molecule has 0 saturated heterocycles. The molecule has 1 rings (SSSR count). The van der Waals surface area contributed by atoms with Crippen LogP contribution in [0.4, 0.5) is 0 Å². The molecular formula is C16H25O. The van der Waals surface area contributed by atoms with E-state index in [1.807, 2.05) is 12.1 Å². The van der Waals surface area contributed by atoms with Gasteiger partial charge < -0.3 is 4.74 Å². The van der Waals surface area contributed by atoms with Gasteiger partial charge >= 0.3 is 0 Å². The third-order valence-electron chi connectivity index (χ3n) is 2.90. The molecule has 0 aliphatic heterocycles. The van der Waals surface area contributed by atoms with Crippen molar-refractivity contribution in [3.8, 4) is 0 Å². The number of hydrogen-bond acceptors (Lipinski definition) is 1. The van der Waals surface area contributed by atoms with E-state index in [9.17, 15) is 0 Å². The summed E-state index contributed by atoms with van der Waals surface area (Å²) < 4.78 is 5.65. The highest BCUT2D eigenvalue weighted by atomic mass is 16.5. The molecule has 0 atom stereocenters. The Balaban J connectivity index is 1.97. The van der Waals surface area contributed by atoms with Crippen LogP contribution in [0.5, 0.6) is 0 Å². The minimum Gasteiger partial charge on any atom is -0.377 e. The zero-order valence-corrected chi connectivity index (χ0v) is 11.1. The number of hydrogen-bond donors (Lipinski definition) is 0. The molecule has 1 nitrogen and oxygen atoms in total. The Labute approximate surface area is 106 Å². The maximum absolute atomic E-state index is 5.65. The predicted octanol–water partition coefficient (Wildman–Crippen LogP) is 4.75. The lowest BCUT2D eigenvalue weighted by Crippen LogP contribution is -1.96. The van der Waals surface area contributed by atoms with Gasteiger partial charge in [0.05, 0.1) is 6.61 Å². The SMILES string of the molecule is [CH2]c1cccc(COCCCCCCCC)c1. The molecule has 0 fully saturated rings. The van der Waals surface area contributed by atoms with Crippen LogP contribution in [0.2, 0.25) is 0 Å². The van der Waals surface area contributed by atoms with Gasteiger partial charge in [-0.1, -0.05) is 63.3 Å². The third kappa shape index (κ3) is 7.17. The first-order valence-electron chi connectivity index (χ1n) is 6.81. The van der Waals surface area contributed by atoms with Crippen molar-refractivity contribution in [1.82, 2.24) is 0 Å². The lowest BCUT2D eigenvalue weighted by molar-refractivity contribution is 0.116. The Morgan fingerprint density at radius 2 is 1.82 bits per heavy atom. The summed E-state index contributed by atoms with van der Waals surface area (Å²) >= 11 is 0. The third-order valence-corrected chi connectivity index (χ3v) is 2.90. The van der Waals surface area contributed by atoms with Crippen molar-refractivity contribution >= 4 is 0 Å². The van der Waals surface area contributed by atoms with Crippen LogP contribution in [0, 0.1) is 6.92 Å². The lowest BCUT2D eigenvalue weighted by Gasteiger charge is -2.05. The summed E-state index contributed by atoms with van der Waals surface area (Å²) in [6.07, 6.45) is 7.91. The minimum absolute atomic E-state index is 0.721. The van der Waals surface area contributed by atoms with Gasteiger partial charge in [-0.3, -0.25) is 0 Å². The van der Waals surface area contributed by atoms with Gasteiger partial charge in [0.2, 0.25) is 0 Å². The van der Waals surface area contributed by atoms with Gasteiger partial charge in [0, 0.05) is 6.61 Å². The lowest BCUT2D eigenvalue weighted by atomic mass is 10.1. The second-order valence-corrected chi connectivity index (χ2v) is 4.64. The highest BCUT2D eigenvalue weighted by Gasteiger charge is 1.94. The van der Waals surface area contributed by atoms with Gasteiger partial charge in [0.15, 0.2) is 0 Å². The van der Waals surface area contributed by atoms with Gasteiger partial charge in [-0.05, 0) is 24.5 Å². The fourth-order valence-corrected chi connectivity index (χ4v) is 1.89. The first-order valence-corrected chi connectivity index (χ1v) is 6.81. The first kappa shape index (κ1) is 14.2. The van der Waals surface area contributed by atoms with E-state index in [0.717, 1.165) is 18.8 Å². The maximum atomic E-state index is 5.65. The van der Waals surface area contributed by atoms with Crippen molar-refractivity contribution in [3.05, 3.63) is 42.3 Å². The van der Waals surface area contributed by atoms with Gasteiger partial charge in [-0.2, -0.15) is 0 Å². The molecule has 0 spiro atoms. The molecule has 0 aromatic heterocycles. The highest BCUT2D eigenvalue weighted by molar-refractivity contribution is 5.24. The second-order valence-electron chi connectivity index (χ2n) is 4.64. The number of unbranched alkanes of at least 4 members (excludes halogenated alkanes) is 5. The fraction of sp³-hybridized carbons (Fsp3) is 0.562. The van der Waals surface area contributed by atoms with E-state index in [0.29, 0.717) is 0 Å². The van der Waals surface area contributed by atoms with E-state index in [4.69, 9.17) is 4.74 Å². The Morgan fingerprint density at radius 1 is 1.06 bits per heavy atom. The molecule has 0 unspecified atom stereocenters. The summed E-state index contributed by atoms with van der Waals surface area (Å²) in [5.41, 5.74) is 2.29. The average molecular weight is 233 g/mol. The molecular weight excluding hydrogens is 208 g/mol. The van der Waals surface area contributed by atoms with Gasteiger partial charge in [0.1, 0.15) is 0 Å². The summed E-state index contributed by atoms with van der Waals surface area (Å²) in [6.45, 7) is 7.76. The topological polar surface area (TPSA) is 9.23 Å². The van der Waals surface area contributed by atoms with Crippen LogP contribution in [-0.4, -0.2) is 6.61 Å². The van der Waals surface area contributed by atoms with Crippen LogP contribution in [-0.2, 0) is 11.3 Å². The average Bonchev–Trinajstić information content (AvgIpc) is 2.33. The smallest absolute Gasteiger partial charge is 0.0716 e. The van der Waals surface area contributed by atoms with Crippen LogP contribution in [0.1, 0.15) is 56.6 Å². The van der Waals surface area contributed by atoms with Gasteiger partial charge in [-0.15, -0.1) is 0 Å². The normalized spacial score (nSPS) is 10.7. The standard InChI is InChI=1S/C16H25O/c1-3-4-5-6-7-8-12-17-14-16-11-9-10-15(2)13-16/h9-11,13H,2-8,12,14H2,1H3. The van der Waals surface area contributed by atoms with E-state index >= 15 is 0 Å². The van der Waals surface area contributed by atoms with Crippen LogP contribution in [0.15, 0.2) is 24.3 Å². The second kappa shape index (κ2) is 9.23. The predicted molar refractivity (Wildman–Crippen MR) is 73.9 cm³/mol. The Bertz CT molecular complexity index is 293. The van der Waals surface area contributed by atoms with Crippen molar-refractivity contribution in [2.24, 2.45) is 0 Å². The number of ether oxygens (including phenoxy) is 1. The summed E-state index contributed by atoms with van der Waals surface area (Å²) in [7, 11) is 0. The van der Waals surface area contributed by atoms with Gasteiger partial charge in [0.25, 0.3) is 0 Å². The van der Waals surface area contributed by atoms with E-state index in [1.165, 1.54) is 44.1 Å². The van der Waals surface area contributed by atoms with Crippen molar-refractivity contribution in [2.75, 3.05) is 6.61 Å². The molecule has 0 amide bonds. The molecule has 0 heterocycles. The van der Waals surface area contributed by atoms with E-state index in [1.54, 1.807) is 0 Å². The Hall–Kier alpha value is -0.820. The Morgan fingerprint density at radius 3 is 2.59 bits per heavy atom. The number of benzene rings is 1. The monoisotopic (exact) mass is 233 g/mol. The van der Waals surface area contributed by atoms with Crippen molar-refractivity contribution in [1.29, 1.82) is 0 Å². The van der Waals surface area contributed by atoms with Crippen molar-refractivity contribution < 1.29 is 4.74 Å². The molecule has 1 aromatic carbocycles. The van der Waals surface area contributed by atoms with Crippen LogP contribution >= 0.6 is 0 Å².